The van der Waals surface area contributed by atoms with Crippen molar-refractivity contribution in [2.45, 2.75) is 25.5 Å². The van der Waals surface area contributed by atoms with Crippen LogP contribution in [0.3, 0.4) is 0 Å². The van der Waals surface area contributed by atoms with Gasteiger partial charge >= 0.3 is 0 Å². The third kappa shape index (κ3) is 2.44. The molecule has 1 saturated heterocycles. The minimum Gasteiger partial charge on any atom is -0.366 e. The Balaban J connectivity index is 1.98. The second-order valence-corrected chi connectivity index (χ2v) is 6.47. The fraction of sp³-hybridized carbons (Fsp3) is 0.294. The van der Waals surface area contributed by atoms with Crippen molar-refractivity contribution in [3.05, 3.63) is 40.6 Å². The van der Waals surface area contributed by atoms with Gasteiger partial charge in [0.25, 0.3) is 0 Å². The molecule has 1 aliphatic rings. The minimum absolute atomic E-state index is 0.0817. The van der Waals surface area contributed by atoms with Crippen molar-refractivity contribution >= 4 is 28.1 Å². The van der Waals surface area contributed by atoms with E-state index >= 15 is 0 Å². The number of nitrogens with zero attached hydrogens (tertiary/aromatic N) is 2. The van der Waals surface area contributed by atoms with Crippen LogP contribution in [0.25, 0.3) is 22.2 Å². The summed E-state index contributed by atoms with van der Waals surface area (Å²) in [5.41, 5.74) is 8.79. The van der Waals surface area contributed by atoms with Crippen LogP contribution in [0.1, 0.15) is 35.8 Å². The number of hydrogen-bond donors (Lipinski definition) is 1. The molecule has 1 aliphatic heterocycles. The fourth-order valence-electron chi connectivity index (χ4n) is 3.13. The minimum atomic E-state index is -0.434. The molecule has 1 atom stereocenters. The van der Waals surface area contributed by atoms with Gasteiger partial charge in [0.2, 0.25) is 5.91 Å². The quantitative estimate of drug-likeness (QED) is 0.799. The molecule has 3 aromatic rings. The van der Waals surface area contributed by atoms with Crippen molar-refractivity contribution < 1.29 is 9.53 Å². The van der Waals surface area contributed by atoms with E-state index in [0.717, 1.165) is 48.0 Å². The Morgan fingerprint density at radius 3 is 2.96 bits per heavy atom. The first kappa shape index (κ1) is 14.4. The lowest BCUT2D eigenvalue weighted by Crippen LogP contribution is -2.19. The second kappa shape index (κ2) is 5.79. The van der Waals surface area contributed by atoms with Gasteiger partial charge in [0.1, 0.15) is 5.69 Å². The third-order valence-electron chi connectivity index (χ3n) is 4.22. The highest BCUT2D eigenvalue weighted by atomic mass is 32.1. The van der Waals surface area contributed by atoms with Crippen LogP contribution >= 0.6 is 11.3 Å². The summed E-state index contributed by atoms with van der Waals surface area (Å²) in [6.45, 7) is 0.745. The van der Waals surface area contributed by atoms with Crippen molar-refractivity contribution in [3.8, 4) is 11.3 Å². The molecule has 3 heterocycles. The maximum Gasteiger partial charge on any atom is 0.249 e. The Morgan fingerprint density at radius 2 is 2.26 bits per heavy atom. The molecule has 1 unspecified atom stereocenters. The van der Waals surface area contributed by atoms with Crippen LogP contribution in [0.15, 0.2) is 35.0 Å². The molecule has 1 aromatic carbocycles. The molecule has 0 radical (unpaired) electrons. The molecule has 4 rings (SSSR count). The number of carbonyl (C=O) groups excluding carboxylic acids is 1. The summed E-state index contributed by atoms with van der Waals surface area (Å²) in [6.07, 6.45) is 3.05. The van der Waals surface area contributed by atoms with E-state index in [-0.39, 0.29) is 6.23 Å². The molecule has 1 fully saturated rings. The van der Waals surface area contributed by atoms with E-state index in [1.807, 2.05) is 33.6 Å². The molecule has 0 spiro atoms. The van der Waals surface area contributed by atoms with E-state index in [1.165, 1.54) is 0 Å². The van der Waals surface area contributed by atoms with Gasteiger partial charge in [0.05, 0.1) is 11.1 Å². The van der Waals surface area contributed by atoms with E-state index in [1.54, 1.807) is 17.4 Å². The molecule has 23 heavy (non-hydrogen) atoms. The highest BCUT2D eigenvalue weighted by Crippen LogP contribution is 2.35. The van der Waals surface area contributed by atoms with Crippen molar-refractivity contribution in [2.75, 3.05) is 6.61 Å². The van der Waals surface area contributed by atoms with Crippen LogP contribution in [0.5, 0.6) is 0 Å². The number of rotatable bonds is 3. The highest BCUT2D eigenvalue weighted by molar-refractivity contribution is 7.08. The number of carbonyl (C=O) groups is 1. The summed E-state index contributed by atoms with van der Waals surface area (Å²) < 4.78 is 7.80. The number of nitrogens with two attached hydrogens (primary N) is 1. The summed E-state index contributed by atoms with van der Waals surface area (Å²) in [6, 6.07) is 7.59. The lowest BCUT2D eigenvalue weighted by atomic mass is 10.0. The van der Waals surface area contributed by atoms with Gasteiger partial charge in [-0.1, -0.05) is 6.07 Å². The van der Waals surface area contributed by atoms with Gasteiger partial charge in [0.15, 0.2) is 6.23 Å². The lowest BCUT2D eigenvalue weighted by molar-refractivity contribution is -0.0365. The zero-order chi connectivity index (χ0) is 15.8. The standard InChI is InChI=1S/C17H17N3O2S/c18-17(21)12-4-3-5-13-15(12)16(11-7-9-23-10-11)19-20(13)14-6-1-2-8-22-14/h3-5,7,9-10,14H,1-2,6,8H2,(H2,18,21). The van der Waals surface area contributed by atoms with Gasteiger partial charge in [-0.05, 0) is 42.8 Å². The molecule has 5 nitrogen and oxygen atoms in total. The number of benzene rings is 1. The molecule has 118 valence electrons. The number of amides is 1. The Kier molecular flexibility index (Phi) is 3.63. The molecular formula is C17H17N3O2S. The number of thiophene rings is 1. The molecule has 2 aromatic heterocycles. The molecule has 1 amide bonds. The summed E-state index contributed by atoms with van der Waals surface area (Å²) >= 11 is 1.61. The fourth-order valence-corrected chi connectivity index (χ4v) is 3.77. The number of aromatic nitrogens is 2. The van der Waals surface area contributed by atoms with Gasteiger partial charge in [-0.25, -0.2) is 4.68 Å². The molecule has 2 N–H and O–H groups in total. The number of hydrogen-bond acceptors (Lipinski definition) is 4. The molecule has 0 aliphatic carbocycles. The van der Waals surface area contributed by atoms with E-state index in [4.69, 9.17) is 15.6 Å². The average Bonchev–Trinajstić information content (AvgIpc) is 3.22. The Morgan fingerprint density at radius 1 is 1.35 bits per heavy atom. The Labute approximate surface area is 137 Å². The van der Waals surface area contributed by atoms with Gasteiger partial charge in [-0.2, -0.15) is 16.4 Å². The molecule has 0 bridgehead atoms. The summed E-state index contributed by atoms with van der Waals surface area (Å²) in [7, 11) is 0. The maximum atomic E-state index is 11.9. The summed E-state index contributed by atoms with van der Waals surface area (Å²) in [5, 5.41) is 9.64. The van der Waals surface area contributed by atoms with Crippen LogP contribution in [-0.2, 0) is 4.74 Å². The van der Waals surface area contributed by atoms with Crippen LogP contribution in [0.4, 0.5) is 0 Å². The van der Waals surface area contributed by atoms with Crippen LogP contribution in [-0.4, -0.2) is 22.3 Å². The van der Waals surface area contributed by atoms with Gasteiger partial charge in [-0.15, -0.1) is 0 Å². The largest absolute Gasteiger partial charge is 0.366 e. The summed E-state index contributed by atoms with van der Waals surface area (Å²) in [4.78, 5) is 11.9. The number of fused-ring (bicyclic) bond motifs is 1. The Hall–Kier alpha value is -2.18. The lowest BCUT2D eigenvalue weighted by Gasteiger charge is -2.23. The first-order chi connectivity index (χ1) is 11.3. The monoisotopic (exact) mass is 327 g/mol. The van der Waals surface area contributed by atoms with Crippen molar-refractivity contribution in [3.63, 3.8) is 0 Å². The summed E-state index contributed by atoms with van der Waals surface area (Å²) in [5.74, 6) is -0.434. The second-order valence-electron chi connectivity index (χ2n) is 5.69. The normalized spacial score (nSPS) is 18.3. The zero-order valence-corrected chi connectivity index (χ0v) is 13.4. The smallest absolute Gasteiger partial charge is 0.249 e. The predicted octanol–water partition coefficient (Wildman–Crippen LogP) is 3.56. The maximum absolute atomic E-state index is 11.9. The SMILES string of the molecule is NC(=O)c1cccc2c1c(-c1ccsc1)nn2C1CCCCO1. The van der Waals surface area contributed by atoms with Crippen molar-refractivity contribution in [2.24, 2.45) is 5.73 Å². The van der Waals surface area contributed by atoms with Crippen LogP contribution in [0.2, 0.25) is 0 Å². The average molecular weight is 327 g/mol. The topological polar surface area (TPSA) is 70.1 Å². The van der Waals surface area contributed by atoms with E-state index in [0.29, 0.717) is 5.56 Å². The van der Waals surface area contributed by atoms with Crippen LogP contribution < -0.4 is 5.73 Å². The number of ether oxygens (including phenoxy) is 1. The highest BCUT2D eigenvalue weighted by Gasteiger charge is 2.24. The third-order valence-corrected chi connectivity index (χ3v) is 4.91. The van der Waals surface area contributed by atoms with E-state index in [2.05, 4.69) is 0 Å². The Bertz CT molecular complexity index is 848. The van der Waals surface area contributed by atoms with Gasteiger partial charge in [0, 0.05) is 22.9 Å². The number of primary amides is 1. The van der Waals surface area contributed by atoms with Gasteiger partial charge in [-0.3, -0.25) is 4.79 Å². The zero-order valence-electron chi connectivity index (χ0n) is 12.6. The van der Waals surface area contributed by atoms with Crippen molar-refractivity contribution in [1.29, 1.82) is 0 Å². The van der Waals surface area contributed by atoms with Crippen molar-refractivity contribution in [1.82, 2.24) is 9.78 Å². The van der Waals surface area contributed by atoms with Gasteiger partial charge < -0.3 is 10.5 Å². The predicted molar refractivity (Wildman–Crippen MR) is 90.4 cm³/mol. The first-order valence-corrected chi connectivity index (χ1v) is 8.65. The van der Waals surface area contributed by atoms with E-state index in [9.17, 15) is 4.79 Å². The molecule has 0 saturated carbocycles. The first-order valence-electron chi connectivity index (χ1n) is 7.71. The molecular weight excluding hydrogens is 310 g/mol. The van der Waals surface area contributed by atoms with E-state index < -0.39 is 5.91 Å². The van der Waals surface area contributed by atoms with Crippen LogP contribution in [0, 0.1) is 0 Å². The molecule has 6 heteroatoms.